The number of amides is 3. The Hall–Kier alpha value is -2.25. The Bertz CT molecular complexity index is 606. The highest BCUT2D eigenvalue weighted by Crippen LogP contribution is 2.20. The maximum absolute atomic E-state index is 12.3. The van der Waals surface area contributed by atoms with Crippen LogP contribution >= 0.6 is 0 Å². The molecule has 2 aliphatic rings. The molecule has 0 aromatic carbocycles. The summed E-state index contributed by atoms with van der Waals surface area (Å²) in [6, 6.07) is 1.82. The molecule has 0 radical (unpaired) electrons. The molecule has 2 N–H and O–H groups in total. The molecule has 1 unspecified atom stereocenters. The topological polar surface area (TPSA) is 90.6 Å². The van der Waals surface area contributed by atoms with Crippen LogP contribution in [0, 0.1) is 0 Å². The Morgan fingerprint density at radius 2 is 2.26 bits per heavy atom. The first-order valence-corrected chi connectivity index (χ1v) is 7.85. The van der Waals surface area contributed by atoms with Crippen LogP contribution in [0.25, 0.3) is 0 Å². The lowest BCUT2D eigenvalue weighted by atomic mass is 9.92. The van der Waals surface area contributed by atoms with E-state index in [0.717, 1.165) is 11.4 Å². The number of carbonyl (C=O) groups is 2. The van der Waals surface area contributed by atoms with Gasteiger partial charge in [-0.3, -0.25) is 10.00 Å². The number of nitrogens with one attached hydrogen (secondary N) is 2. The molecule has 126 valence electrons. The second-order valence-corrected chi connectivity index (χ2v) is 7.06. The van der Waals surface area contributed by atoms with Crippen LogP contribution in [0.5, 0.6) is 0 Å². The number of rotatable bonds is 2. The molecular weight excluding hydrogens is 298 g/mol. The number of hydrogen-bond donors (Lipinski definition) is 2. The molecule has 0 bridgehead atoms. The molecule has 3 amide bonds. The number of piperazine rings is 1. The minimum Gasteiger partial charge on any atom is -0.447 e. The van der Waals surface area contributed by atoms with Crippen LogP contribution in [-0.2, 0) is 16.7 Å². The molecule has 0 spiro atoms. The number of urea groups is 1. The number of aromatic nitrogens is 2. The maximum Gasteiger partial charge on any atom is 0.410 e. The van der Waals surface area contributed by atoms with Gasteiger partial charge in [-0.05, 0) is 6.07 Å². The third-order valence-corrected chi connectivity index (χ3v) is 4.23. The lowest BCUT2D eigenvalue weighted by Crippen LogP contribution is -2.55. The third-order valence-electron chi connectivity index (χ3n) is 4.23. The summed E-state index contributed by atoms with van der Waals surface area (Å²) < 4.78 is 5.01. The Balaban J connectivity index is 1.52. The van der Waals surface area contributed by atoms with E-state index in [2.05, 4.69) is 36.3 Å². The minimum atomic E-state index is -0.276. The molecule has 2 aliphatic heterocycles. The van der Waals surface area contributed by atoms with Crippen LogP contribution in [0.15, 0.2) is 6.07 Å². The van der Waals surface area contributed by atoms with Crippen molar-refractivity contribution in [2.75, 3.05) is 26.2 Å². The van der Waals surface area contributed by atoms with Crippen molar-refractivity contribution in [2.45, 2.75) is 38.8 Å². The predicted octanol–water partition coefficient (Wildman–Crippen LogP) is 1.05. The zero-order valence-electron chi connectivity index (χ0n) is 13.8. The van der Waals surface area contributed by atoms with Gasteiger partial charge < -0.3 is 15.0 Å². The van der Waals surface area contributed by atoms with Crippen molar-refractivity contribution in [3.05, 3.63) is 17.5 Å². The molecule has 1 aromatic rings. The van der Waals surface area contributed by atoms with Gasteiger partial charge in [0.25, 0.3) is 0 Å². The van der Waals surface area contributed by atoms with Gasteiger partial charge in [-0.15, -0.1) is 0 Å². The van der Waals surface area contributed by atoms with Gasteiger partial charge in [-0.25, -0.2) is 9.59 Å². The van der Waals surface area contributed by atoms with Crippen molar-refractivity contribution in [1.82, 2.24) is 25.3 Å². The largest absolute Gasteiger partial charge is 0.447 e. The van der Waals surface area contributed by atoms with Gasteiger partial charge in [0.1, 0.15) is 6.61 Å². The monoisotopic (exact) mass is 321 g/mol. The normalized spacial score (nSPS) is 21.2. The van der Waals surface area contributed by atoms with Gasteiger partial charge in [-0.1, -0.05) is 20.8 Å². The molecule has 3 heterocycles. The SMILES string of the molecule is CC(C)(C)c1cc(CNC(=O)N2CCN3C(=O)OCC3C2)[nH]n1. The van der Waals surface area contributed by atoms with Crippen LogP contribution in [0.3, 0.4) is 0 Å². The smallest absolute Gasteiger partial charge is 0.410 e. The van der Waals surface area contributed by atoms with Crippen LogP contribution in [-0.4, -0.2) is 64.4 Å². The Kier molecular flexibility index (Phi) is 3.91. The Morgan fingerprint density at radius 3 is 2.96 bits per heavy atom. The average Bonchev–Trinajstić information content (AvgIpc) is 3.11. The van der Waals surface area contributed by atoms with Crippen molar-refractivity contribution in [1.29, 1.82) is 0 Å². The van der Waals surface area contributed by atoms with E-state index in [9.17, 15) is 9.59 Å². The third kappa shape index (κ3) is 3.25. The molecule has 23 heavy (non-hydrogen) atoms. The fourth-order valence-electron chi connectivity index (χ4n) is 2.79. The standard InChI is InChI=1S/C15H23N5O3/c1-15(2,3)12-6-10(17-18-12)7-16-13(21)19-4-5-20-11(8-19)9-23-14(20)22/h6,11H,4-5,7-9H2,1-3H3,(H,16,21)(H,17,18). The zero-order valence-corrected chi connectivity index (χ0v) is 13.8. The zero-order chi connectivity index (χ0) is 16.6. The molecule has 1 aromatic heterocycles. The van der Waals surface area contributed by atoms with Gasteiger partial charge in [0.15, 0.2) is 0 Å². The number of H-pyrrole nitrogens is 1. The number of nitrogens with zero attached hydrogens (tertiary/aromatic N) is 3. The fraction of sp³-hybridized carbons (Fsp3) is 0.667. The number of fused-ring (bicyclic) bond motifs is 1. The number of ether oxygens (including phenoxy) is 1. The maximum atomic E-state index is 12.3. The van der Waals surface area contributed by atoms with E-state index in [-0.39, 0.29) is 23.6 Å². The number of hydrogen-bond acceptors (Lipinski definition) is 4. The summed E-state index contributed by atoms with van der Waals surface area (Å²) in [5.74, 6) is 0. The van der Waals surface area contributed by atoms with E-state index >= 15 is 0 Å². The molecule has 1 atom stereocenters. The van der Waals surface area contributed by atoms with Gasteiger partial charge in [0.05, 0.1) is 24.0 Å². The molecule has 2 fully saturated rings. The van der Waals surface area contributed by atoms with Gasteiger partial charge in [0.2, 0.25) is 0 Å². The molecule has 8 nitrogen and oxygen atoms in total. The van der Waals surface area contributed by atoms with Crippen molar-refractivity contribution >= 4 is 12.1 Å². The average molecular weight is 321 g/mol. The van der Waals surface area contributed by atoms with Crippen molar-refractivity contribution in [2.24, 2.45) is 0 Å². The fourth-order valence-corrected chi connectivity index (χ4v) is 2.79. The van der Waals surface area contributed by atoms with Gasteiger partial charge >= 0.3 is 12.1 Å². The summed E-state index contributed by atoms with van der Waals surface area (Å²) in [5, 5.41) is 10.1. The quantitative estimate of drug-likeness (QED) is 0.852. The predicted molar refractivity (Wildman–Crippen MR) is 82.9 cm³/mol. The molecule has 3 rings (SSSR count). The van der Waals surface area contributed by atoms with Crippen LogP contribution in [0.2, 0.25) is 0 Å². The van der Waals surface area contributed by atoms with Crippen LogP contribution < -0.4 is 5.32 Å². The molecular formula is C15H23N5O3. The lowest BCUT2D eigenvalue weighted by Gasteiger charge is -2.35. The highest BCUT2D eigenvalue weighted by molar-refractivity contribution is 5.75. The van der Waals surface area contributed by atoms with E-state index in [0.29, 0.717) is 32.8 Å². The first kappa shape index (κ1) is 15.6. The highest BCUT2D eigenvalue weighted by Gasteiger charge is 2.38. The Morgan fingerprint density at radius 1 is 1.48 bits per heavy atom. The van der Waals surface area contributed by atoms with Crippen molar-refractivity contribution in [3.63, 3.8) is 0 Å². The van der Waals surface area contributed by atoms with Crippen LogP contribution in [0.1, 0.15) is 32.2 Å². The van der Waals surface area contributed by atoms with Gasteiger partial charge in [-0.2, -0.15) is 5.10 Å². The summed E-state index contributed by atoms with van der Waals surface area (Å²) in [5.41, 5.74) is 1.82. The first-order chi connectivity index (χ1) is 10.8. The van der Waals surface area contributed by atoms with Gasteiger partial charge in [0, 0.05) is 25.0 Å². The van der Waals surface area contributed by atoms with E-state index in [1.807, 2.05) is 6.07 Å². The number of carbonyl (C=O) groups excluding carboxylic acids is 2. The summed E-state index contributed by atoms with van der Waals surface area (Å²) in [6.45, 7) is 8.60. The first-order valence-electron chi connectivity index (χ1n) is 7.85. The van der Waals surface area contributed by atoms with E-state index in [4.69, 9.17) is 4.74 Å². The second-order valence-electron chi connectivity index (χ2n) is 7.06. The Labute approximate surface area is 135 Å². The molecule has 2 saturated heterocycles. The number of aromatic amines is 1. The molecule has 0 saturated carbocycles. The highest BCUT2D eigenvalue weighted by atomic mass is 16.6. The molecule has 8 heteroatoms. The van der Waals surface area contributed by atoms with E-state index < -0.39 is 0 Å². The summed E-state index contributed by atoms with van der Waals surface area (Å²) in [4.78, 5) is 27.1. The van der Waals surface area contributed by atoms with Crippen LogP contribution in [0.4, 0.5) is 9.59 Å². The molecule has 0 aliphatic carbocycles. The number of cyclic esters (lactones) is 1. The van der Waals surface area contributed by atoms with Crippen molar-refractivity contribution in [3.8, 4) is 0 Å². The second kappa shape index (κ2) is 5.75. The lowest BCUT2D eigenvalue weighted by molar-refractivity contribution is 0.127. The van der Waals surface area contributed by atoms with E-state index in [1.54, 1.807) is 9.80 Å². The van der Waals surface area contributed by atoms with E-state index in [1.165, 1.54) is 0 Å². The summed E-state index contributed by atoms with van der Waals surface area (Å²) >= 11 is 0. The minimum absolute atomic E-state index is 0.0237. The summed E-state index contributed by atoms with van der Waals surface area (Å²) in [6.07, 6.45) is -0.276. The summed E-state index contributed by atoms with van der Waals surface area (Å²) in [7, 11) is 0. The van der Waals surface area contributed by atoms with Crippen molar-refractivity contribution < 1.29 is 14.3 Å².